The molecule has 368 valence electrons. The molecule has 0 unspecified atom stereocenters. The van der Waals surface area contributed by atoms with Crippen LogP contribution in [-0.4, -0.2) is 68.7 Å². The first-order chi connectivity index (χ1) is 32.1. The second-order valence-corrected chi connectivity index (χ2v) is 23.3. The maximum atomic E-state index is 15.8. The summed E-state index contributed by atoms with van der Waals surface area (Å²) >= 11 is 6.59. The number of hydrogen-bond donors (Lipinski definition) is 2. The number of sulfone groups is 1. The van der Waals surface area contributed by atoms with E-state index in [0.717, 1.165) is 12.1 Å². The van der Waals surface area contributed by atoms with Crippen LogP contribution in [0.5, 0.6) is 0 Å². The zero-order chi connectivity index (χ0) is 50.0. The third-order valence-corrected chi connectivity index (χ3v) is 17.8. The Kier molecular flexibility index (Phi) is 11.7. The number of amides is 1. The zero-order valence-corrected chi connectivity index (χ0v) is 38.4. The molecule has 69 heavy (non-hydrogen) atoms. The Balaban J connectivity index is 1.23. The van der Waals surface area contributed by atoms with Crippen molar-refractivity contribution in [1.29, 1.82) is 0 Å². The molecule has 3 saturated carbocycles. The van der Waals surface area contributed by atoms with Crippen LogP contribution in [0.15, 0.2) is 42.5 Å². The number of carbonyl (C=O) groups is 1. The van der Waals surface area contributed by atoms with E-state index in [0.29, 0.717) is 23.6 Å². The van der Waals surface area contributed by atoms with Gasteiger partial charge < -0.3 is 5.32 Å². The standard InChI is InChI=1S/C44H38ClF10N7O5S2/c1-41(2,68(64,65)25-4-5-25)14-13-24-3-8-27(28-10-12-31(45)35-37(28)62(20-42(48,49)50)59-40(35)60-69(66,67)26-6-7-26)36(56-24)32(17-21-15-22(46)18-23(47)16-21)57-33(63)19-61-39-34(38(58-61)44(53,54)55)29-9-11-30(29)43(39,51)52/h3,8,10,12,15-16,18,25-26,29-30,32H,4-7,9,11,17,19-20H2,1-2H3,(H,57,63)(H,59,60)/t29-,30+,32-/m0/s1. The summed E-state index contributed by atoms with van der Waals surface area (Å²) in [4.78, 5) is 18.8. The van der Waals surface area contributed by atoms with Crippen molar-refractivity contribution >= 4 is 54.1 Å². The SMILES string of the molecule is CC(C)(C#Cc1ccc(-c2ccc(Cl)c3c(NS(=O)(=O)C4CC4)nn(CC(F)(F)F)c23)c([C@H](Cc2cc(F)cc(F)c2)NC(=O)Cn2nc(C(F)(F)F)c3c2C(F)(F)[C@@H]2CC[C@H]32)n1)S(=O)(=O)C1CC1. The van der Waals surface area contributed by atoms with Crippen molar-refractivity contribution in [3.8, 4) is 23.0 Å². The molecule has 0 aliphatic heterocycles. The molecule has 3 atom stereocenters. The molecule has 9 rings (SSSR count). The number of aromatic nitrogens is 5. The maximum Gasteiger partial charge on any atom is 0.435 e. The number of alkyl halides is 8. The van der Waals surface area contributed by atoms with Gasteiger partial charge in [0.2, 0.25) is 15.9 Å². The Morgan fingerprint density at radius 2 is 1.54 bits per heavy atom. The predicted octanol–water partition coefficient (Wildman–Crippen LogP) is 9.12. The number of nitrogens with zero attached hydrogens (tertiary/aromatic N) is 5. The fourth-order valence-electron chi connectivity index (χ4n) is 9.08. The van der Waals surface area contributed by atoms with Crippen molar-refractivity contribution in [2.75, 3.05) is 4.72 Å². The molecule has 2 aromatic carbocycles. The first-order valence-corrected chi connectivity index (χ1v) is 24.9. The van der Waals surface area contributed by atoms with E-state index in [9.17, 15) is 56.8 Å². The number of hydrogen-bond acceptors (Lipinski definition) is 8. The van der Waals surface area contributed by atoms with Crippen molar-refractivity contribution in [2.45, 2.75) is 117 Å². The van der Waals surface area contributed by atoms with E-state index in [2.05, 4.69) is 37.1 Å². The van der Waals surface area contributed by atoms with E-state index in [1.54, 1.807) is 0 Å². The second kappa shape index (κ2) is 16.6. The summed E-state index contributed by atoms with van der Waals surface area (Å²) in [6, 6.07) is 5.48. The second-order valence-electron chi connectivity index (χ2n) is 18.2. The first-order valence-electron chi connectivity index (χ1n) is 21.4. The number of anilines is 1. The van der Waals surface area contributed by atoms with Gasteiger partial charge in [-0.25, -0.2) is 30.6 Å². The molecule has 12 nitrogen and oxygen atoms in total. The van der Waals surface area contributed by atoms with E-state index >= 15 is 8.78 Å². The Morgan fingerprint density at radius 3 is 2.13 bits per heavy atom. The minimum Gasteiger partial charge on any atom is -0.346 e. The van der Waals surface area contributed by atoms with Crippen LogP contribution in [0.25, 0.3) is 22.0 Å². The highest BCUT2D eigenvalue weighted by molar-refractivity contribution is 7.94. The Morgan fingerprint density at radius 1 is 0.884 bits per heavy atom. The van der Waals surface area contributed by atoms with Gasteiger partial charge in [0.05, 0.1) is 38.2 Å². The Bertz CT molecular complexity index is 3220. The van der Waals surface area contributed by atoms with Gasteiger partial charge in [0.25, 0.3) is 5.92 Å². The van der Waals surface area contributed by atoms with Gasteiger partial charge in [0, 0.05) is 28.7 Å². The highest BCUT2D eigenvalue weighted by Gasteiger charge is 2.63. The van der Waals surface area contributed by atoms with Gasteiger partial charge in [-0.3, -0.25) is 18.9 Å². The molecule has 0 radical (unpaired) electrons. The van der Waals surface area contributed by atoms with Gasteiger partial charge in [0.15, 0.2) is 21.3 Å². The molecule has 4 aliphatic carbocycles. The van der Waals surface area contributed by atoms with Crippen LogP contribution in [0.2, 0.25) is 5.02 Å². The molecule has 3 heterocycles. The molecule has 0 bridgehead atoms. The molecule has 25 heteroatoms. The highest BCUT2D eigenvalue weighted by atomic mass is 35.5. The molecule has 5 aromatic rings. The van der Waals surface area contributed by atoms with E-state index in [-0.39, 0.29) is 68.9 Å². The smallest absolute Gasteiger partial charge is 0.346 e. The lowest BCUT2D eigenvalue weighted by Crippen LogP contribution is -2.36. The van der Waals surface area contributed by atoms with Crippen molar-refractivity contribution in [3.63, 3.8) is 0 Å². The average molecular weight is 1030 g/mol. The van der Waals surface area contributed by atoms with Gasteiger partial charge in [0.1, 0.15) is 40.9 Å². The molecule has 2 N–H and O–H groups in total. The van der Waals surface area contributed by atoms with Crippen LogP contribution in [-0.2, 0) is 56.3 Å². The average Bonchev–Trinajstić information content (AvgIpc) is 4.14. The molecule has 4 aliphatic rings. The molecule has 3 fully saturated rings. The number of rotatable bonds is 13. The normalized spacial score (nSPS) is 19.6. The van der Waals surface area contributed by atoms with Crippen molar-refractivity contribution < 1.29 is 65.5 Å². The third-order valence-electron chi connectivity index (χ3n) is 12.8. The van der Waals surface area contributed by atoms with E-state index in [1.807, 2.05) is 0 Å². The Labute approximate surface area is 392 Å². The number of halogens is 11. The van der Waals surface area contributed by atoms with Crippen LogP contribution >= 0.6 is 11.6 Å². The summed E-state index contributed by atoms with van der Waals surface area (Å²) in [7, 11) is -7.99. The van der Waals surface area contributed by atoms with Crippen LogP contribution < -0.4 is 10.0 Å². The molecule has 1 amide bonds. The summed E-state index contributed by atoms with van der Waals surface area (Å²) in [5, 5.41) is 7.84. The Hall–Kier alpha value is -5.41. The van der Waals surface area contributed by atoms with E-state index in [4.69, 9.17) is 11.6 Å². The van der Waals surface area contributed by atoms with Crippen molar-refractivity contribution in [2.24, 2.45) is 5.92 Å². The van der Waals surface area contributed by atoms with Gasteiger partial charge >= 0.3 is 12.4 Å². The molecule has 0 saturated heterocycles. The third kappa shape index (κ3) is 9.14. The molecular formula is C44H38ClF10N7O5S2. The minimum absolute atomic E-state index is 0.0194. The first kappa shape index (κ1) is 48.6. The van der Waals surface area contributed by atoms with E-state index in [1.165, 1.54) is 38.1 Å². The molecular weight excluding hydrogens is 996 g/mol. The van der Waals surface area contributed by atoms with E-state index < -0.39 is 137 Å². The number of benzene rings is 2. The zero-order valence-electron chi connectivity index (χ0n) is 36.0. The van der Waals surface area contributed by atoms with Crippen LogP contribution in [0.3, 0.4) is 0 Å². The topological polar surface area (TPSA) is 158 Å². The number of carbonyl (C=O) groups excluding carboxylic acids is 1. The minimum atomic E-state index is -5.19. The quantitative estimate of drug-likeness (QED) is 0.0874. The lowest BCUT2D eigenvalue weighted by Gasteiger charge is -2.34. The summed E-state index contributed by atoms with van der Waals surface area (Å²) in [6.45, 7) is -0.340. The summed E-state index contributed by atoms with van der Waals surface area (Å²) in [5.74, 6) is -5.12. The summed E-state index contributed by atoms with van der Waals surface area (Å²) < 4.78 is 201. The highest BCUT2D eigenvalue weighted by Crippen LogP contribution is 2.64. The number of sulfonamides is 1. The van der Waals surface area contributed by atoms with Crippen LogP contribution in [0.1, 0.15) is 98.2 Å². The lowest BCUT2D eigenvalue weighted by molar-refractivity contribution is -0.144. The number of fused-ring (bicyclic) bond motifs is 4. The molecule has 0 spiro atoms. The number of pyridine rings is 1. The van der Waals surface area contributed by atoms with Crippen molar-refractivity contribution in [1.82, 2.24) is 29.9 Å². The number of nitrogens with one attached hydrogen (secondary N) is 2. The maximum absolute atomic E-state index is 15.8. The van der Waals surface area contributed by atoms with Gasteiger partial charge in [-0.05, 0) is 107 Å². The molecule has 3 aromatic heterocycles. The van der Waals surface area contributed by atoms with Crippen molar-refractivity contribution in [3.05, 3.63) is 93.0 Å². The van der Waals surface area contributed by atoms with Crippen LogP contribution in [0, 0.1) is 29.4 Å². The monoisotopic (exact) mass is 1030 g/mol. The predicted molar refractivity (Wildman–Crippen MR) is 230 cm³/mol. The van der Waals surface area contributed by atoms with Gasteiger partial charge in [-0.2, -0.15) is 45.3 Å². The largest absolute Gasteiger partial charge is 0.435 e. The summed E-state index contributed by atoms with van der Waals surface area (Å²) in [6.07, 6.45) is -9.52. The van der Waals surface area contributed by atoms with Gasteiger partial charge in [-0.15, -0.1) is 0 Å². The lowest BCUT2D eigenvalue weighted by atomic mass is 9.73. The summed E-state index contributed by atoms with van der Waals surface area (Å²) in [5.41, 5.74) is -4.94. The fraction of sp³-hybridized carbons (Fsp3) is 0.455. The van der Waals surface area contributed by atoms with Crippen LogP contribution in [0.4, 0.5) is 49.7 Å². The fourth-order valence-corrected chi connectivity index (χ4v) is 12.4. The van der Waals surface area contributed by atoms with Gasteiger partial charge in [-0.1, -0.05) is 23.6 Å².